The molecule has 0 fully saturated rings. The van der Waals surface area contributed by atoms with Gasteiger partial charge in [0.15, 0.2) is 0 Å². The highest BCUT2D eigenvalue weighted by molar-refractivity contribution is 9.10. The highest BCUT2D eigenvalue weighted by Gasteiger charge is 2.34. The predicted molar refractivity (Wildman–Crippen MR) is 83.2 cm³/mol. The third-order valence-corrected chi connectivity index (χ3v) is 5.13. The molecule has 20 heavy (non-hydrogen) atoms. The number of aldehydes is 1. The van der Waals surface area contributed by atoms with Gasteiger partial charge in [0.1, 0.15) is 12.1 Å². The molecule has 1 unspecified atom stereocenters. The van der Waals surface area contributed by atoms with E-state index in [0.29, 0.717) is 16.3 Å². The first-order valence-electron chi connectivity index (χ1n) is 6.19. The van der Waals surface area contributed by atoms with Crippen LogP contribution in [0.1, 0.15) is 39.7 Å². The normalized spacial score (nSPS) is 16.5. The average Bonchev–Trinajstić information content (AvgIpc) is 2.31. The van der Waals surface area contributed by atoms with Crippen LogP contribution in [0, 0.1) is 5.82 Å². The molecule has 0 radical (unpaired) electrons. The maximum absolute atomic E-state index is 14.1. The van der Waals surface area contributed by atoms with Gasteiger partial charge in [-0.05, 0) is 45.9 Å². The standard InChI is InChI=1S/C14H19BrFNO2S/c1-13(2,3)20(19)17-14(4,7-8-18)11-9-10(15)5-6-12(11)16/h5-6,8-9,17H,7H2,1-4H3/t14-,20?/m0/s1. The molecule has 2 atom stereocenters. The minimum Gasteiger partial charge on any atom is -0.303 e. The lowest BCUT2D eigenvalue weighted by atomic mass is 9.90. The van der Waals surface area contributed by atoms with E-state index >= 15 is 0 Å². The molecule has 0 aromatic heterocycles. The Kier molecular flexibility index (Phi) is 5.63. The van der Waals surface area contributed by atoms with Crippen molar-refractivity contribution in [3.8, 4) is 0 Å². The molecule has 0 heterocycles. The van der Waals surface area contributed by atoms with E-state index < -0.39 is 27.1 Å². The number of hydrogen-bond donors (Lipinski definition) is 1. The molecule has 1 rings (SSSR count). The summed E-state index contributed by atoms with van der Waals surface area (Å²) in [4.78, 5) is 10.9. The SMILES string of the molecule is CC(C)(C)S(=O)N[C@@](C)(CC=O)c1cc(Br)ccc1F. The summed E-state index contributed by atoms with van der Waals surface area (Å²) in [7, 11) is -1.41. The zero-order chi connectivity index (χ0) is 15.6. The molecule has 0 bridgehead atoms. The van der Waals surface area contributed by atoms with Crippen LogP contribution >= 0.6 is 15.9 Å². The van der Waals surface area contributed by atoms with E-state index in [-0.39, 0.29) is 6.42 Å². The lowest BCUT2D eigenvalue weighted by Crippen LogP contribution is -2.46. The third-order valence-electron chi connectivity index (χ3n) is 2.89. The molecule has 0 aliphatic heterocycles. The van der Waals surface area contributed by atoms with Crippen molar-refractivity contribution in [2.45, 2.75) is 44.4 Å². The highest BCUT2D eigenvalue weighted by Crippen LogP contribution is 2.30. The first kappa shape index (κ1) is 17.5. The highest BCUT2D eigenvalue weighted by atomic mass is 79.9. The van der Waals surface area contributed by atoms with Gasteiger partial charge in [0, 0.05) is 16.5 Å². The molecular weight excluding hydrogens is 345 g/mol. The van der Waals surface area contributed by atoms with Crippen LogP contribution < -0.4 is 4.72 Å². The molecule has 0 saturated heterocycles. The molecule has 1 aromatic rings. The molecule has 112 valence electrons. The van der Waals surface area contributed by atoms with Crippen LogP contribution in [0.5, 0.6) is 0 Å². The average molecular weight is 364 g/mol. The van der Waals surface area contributed by atoms with Crippen molar-refractivity contribution in [3.63, 3.8) is 0 Å². The summed E-state index contributed by atoms with van der Waals surface area (Å²) in [5, 5.41) is 0. The largest absolute Gasteiger partial charge is 0.303 e. The Hall–Kier alpha value is -0.590. The van der Waals surface area contributed by atoms with Gasteiger partial charge in [0.2, 0.25) is 0 Å². The van der Waals surface area contributed by atoms with Crippen molar-refractivity contribution in [1.29, 1.82) is 0 Å². The van der Waals surface area contributed by atoms with Gasteiger partial charge >= 0.3 is 0 Å². The fraction of sp³-hybridized carbons (Fsp3) is 0.500. The Bertz CT molecular complexity index is 530. The maximum Gasteiger partial charge on any atom is 0.128 e. The van der Waals surface area contributed by atoms with Crippen molar-refractivity contribution in [2.75, 3.05) is 0 Å². The molecule has 0 aliphatic rings. The van der Waals surface area contributed by atoms with E-state index in [1.807, 2.05) is 20.8 Å². The molecule has 3 nitrogen and oxygen atoms in total. The Morgan fingerprint density at radius 1 is 1.35 bits per heavy atom. The van der Waals surface area contributed by atoms with Gasteiger partial charge in [-0.15, -0.1) is 0 Å². The Morgan fingerprint density at radius 3 is 2.45 bits per heavy atom. The molecule has 0 aliphatic carbocycles. The van der Waals surface area contributed by atoms with Crippen LogP contribution in [0.3, 0.4) is 0 Å². The van der Waals surface area contributed by atoms with E-state index in [0.717, 1.165) is 0 Å². The van der Waals surface area contributed by atoms with E-state index in [2.05, 4.69) is 20.7 Å². The van der Waals surface area contributed by atoms with Gasteiger partial charge in [-0.3, -0.25) is 0 Å². The number of carbonyl (C=O) groups is 1. The summed E-state index contributed by atoms with van der Waals surface area (Å²) in [6.45, 7) is 7.12. The second-order valence-corrected chi connectivity index (χ2v) is 8.69. The van der Waals surface area contributed by atoms with E-state index in [9.17, 15) is 13.4 Å². The van der Waals surface area contributed by atoms with Gasteiger partial charge < -0.3 is 4.79 Å². The quantitative estimate of drug-likeness (QED) is 0.814. The lowest BCUT2D eigenvalue weighted by molar-refractivity contribution is -0.108. The van der Waals surface area contributed by atoms with Gasteiger partial charge in [0.25, 0.3) is 0 Å². The van der Waals surface area contributed by atoms with Crippen LogP contribution in [0.15, 0.2) is 22.7 Å². The lowest BCUT2D eigenvalue weighted by Gasteiger charge is -2.32. The first-order chi connectivity index (χ1) is 9.10. The maximum atomic E-state index is 14.1. The molecule has 1 aromatic carbocycles. The summed E-state index contributed by atoms with van der Waals surface area (Å²) >= 11 is 3.29. The fourth-order valence-electron chi connectivity index (χ4n) is 1.65. The summed E-state index contributed by atoms with van der Waals surface area (Å²) < 4.78 is 29.4. The topological polar surface area (TPSA) is 46.2 Å². The number of rotatable bonds is 5. The molecule has 0 amide bonds. The van der Waals surface area contributed by atoms with Crippen LogP contribution in [0.2, 0.25) is 0 Å². The van der Waals surface area contributed by atoms with Crippen molar-refractivity contribution in [3.05, 3.63) is 34.1 Å². The van der Waals surface area contributed by atoms with Crippen LogP contribution in [-0.2, 0) is 21.3 Å². The molecular formula is C14H19BrFNO2S. The monoisotopic (exact) mass is 363 g/mol. The molecule has 1 N–H and O–H groups in total. The van der Waals surface area contributed by atoms with Crippen LogP contribution in [0.4, 0.5) is 4.39 Å². The van der Waals surface area contributed by atoms with Gasteiger partial charge in [-0.1, -0.05) is 15.9 Å². The minimum atomic E-state index is -1.41. The Labute approximate surface area is 130 Å². The van der Waals surface area contributed by atoms with E-state index in [1.165, 1.54) is 6.07 Å². The minimum absolute atomic E-state index is 0.0300. The fourth-order valence-corrected chi connectivity index (χ4v) is 2.92. The smallest absolute Gasteiger partial charge is 0.128 e. The summed E-state index contributed by atoms with van der Waals surface area (Å²) in [6.07, 6.45) is 0.732. The van der Waals surface area contributed by atoms with Crippen LogP contribution in [-0.4, -0.2) is 15.2 Å². The first-order valence-corrected chi connectivity index (χ1v) is 8.13. The zero-order valence-corrected chi connectivity index (χ0v) is 14.4. The Balaban J connectivity index is 3.24. The van der Waals surface area contributed by atoms with Crippen molar-refractivity contribution >= 4 is 33.2 Å². The van der Waals surface area contributed by atoms with E-state index in [1.54, 1.807) is 19.1 Å². The molecule has 0 spiro atoms. The van der Waals surface area contributed by atoms with Crippen molar-refractivity contribution < 1.29 is 13.4 Å². The summed E-state index contributed by atoms with van der Waals surface area (Å²) in [5.41, 5.74) is -0.704. The van der Waals surface area contributed by atoms with Crippen molar-refractivity contribution in [1.82, 2.24) is 4.72 Å². The second kappa shape index (κ2) is 6.45. The number of hydrogen-bond acceptors (Lipinski definition) is 2. The second-order valence-electron chi connectivity index (χ2n) is 5.81. The Morgan fingerprint density at radius 2 is 1.95 bits per heavy atom. The summed E-state index contributed by atoms with van der Waals surface area (Å²) in [6, 6.07) is 4.51. The van der Waals surface area contributed by atoms with Gasteiger partial charge in [-0.2, -0.15) is 0 Å². The zero-order valence-electron chi connectivity index (χ0n) is 12.0. The number of halogens is 2. The van der Waals surface area contributed by atoms with E-state index in [4.69, 9.17) is 0 Å². The summed E-state index contributed by atoms with van der Waals surface area (Å²) in [5.74, 6) is -0.434. The van der Waals surface area contributed by atoms with Gasteiger partial charge in [0.05, 0.1) is 21.3 Å². The molecule has 0 saturated carbocycles. The van der Waals surface area contributed by atoms with Crippen molar-refractivity contribution in [2.24, 2.45) is 0 Å². The van der Waals surface area contributed by atoms with Crippen LogP contribution in [0.25, 0.3) is 0 Å². The van der Waals surface area contributed by atoms with Gasteiger partial charge in [-0.25, -0.2) is 13.3 Å². The third kappa shape index (κ3) is 4.20. The number of benzene rings is 1. The molecule has 6 heteroatoms. The number of nitrogens with one attached hydrogen (secondary N) is 1. The number of carbonyl (C=O) groups excluding carboxylic acids is 1. The predicted octanol–water partition coefficient (Wildman–Crippen LogP) is 3.44.